The van der Waals surface area contributed by atoms with Crippen LogP contribution >= 0.6 is 15.9 Å². The van der Waals surface area contributed by atoms with Gasteiger partial charge in [-0.3, -0.25) is 4.79 Å². The second-order valence-corrected chi connectivity index (χ2v) is 5.10. The highest BCUT2D eigenvalue weighted by molar-refractivity contribution is 9.10. The first-order chi connectivity index (χ1) is 9.22. The maximum atomic E-state index is 12.1. The quantitative estimate of drug-likeness (QED) is 0.686. The van der Waals surface area contributed by atoms with Crippen LogP contribution in [0.25, 0.3) is 11.1 Å². The van der Waals surface area contributed by atoms with E-state index in [0.29, 0.717) is 17.0 Å². The van der Waals surface area contributed by atoms with Crippen molar-refractivity contribution in [2.75, 3.05) is 0 Å². The fraction of sp³-hybridized carbons (Fsp3) is 0.0667. The van der Waals surface area contributed by atoms with Crippen LogP contribution < -0.4 is 0 Å². The Morgan fingerprint density at radius 2 is 2.00 bits per heavy atom. The van der Waals surface area contributed by atoms with Crippen molar-refractivity contribution in [3.63, 3.8) is 0 Å². The van der Waals surface area contributed by atoms with Gasteiger partial charge in [-0.1, -0.05) is 40.2 Å². The summed E-state index contributed by atoms with van der Waals surface area (Å²) in [4.78, 5) is 16.4. The van der Waals surface area contributed by atoms with Crippen LogP contribution in [0.15, 0.2) is 57.4 Å². The molecule has 1 aromatic heterocycles. The van der Waals surface area contributed by atoms with E-state index >= 15 is 0 Å². The molecule has 1 heterocycles. The van der Waals surface area contributed by atoms with Crippen LogP contribution in [0.2, 0.25) is 0 Å². The largest absolute Gasteiger partial charge is 0.440 e. The van der Waals surface area contributed by atoms with Crippen molar-refractivity contribution in [1.29, 1.82) is 0 Å². The maximum absolute atomic E-state index is 12.1. The average Bonchev–Trinajstić information content (AvgIpc) is 2.80. The summed E-state index contributed by atoms with van der Waals surface area (Å²) < 4.78 is 6.43. The van der Waals surface area contributed by atoms with Crippen LogP contribution in [0.3, 0.4) is 0 Å². The zero-order valence-corrected chi connectivity index (χ0v) is 11.6. The summed E-state index contributed by atoms with van der Waals surface area (Å²) in [7, 11) is 0. The summed E-state index contributed by atoms with van der Waals surface area (Å²) in [6.07, 6.45) is 0.172. The van der Waals surface area contributed by atoms with Crippen molar-refractivity contribution in [3.05, 3.63) is 64.5 Å². The molecule has 0 spiro atoms. The highest BCUT2D eigenvalue weighted by Crippen LogP contribution is 2.17. The van der Waals surface area contributed by atoms with Gasteiger partial charge in [0.25, 0.3) is 0 Å². The van der Waals surface area contributed by atoms with E-state index in [2.05, 4.69) is 20.9 Å². The molecule has 2 aromatic carbocycles. The Morgan fingerprint density at radius 3 is 2.79 bits per heavy atom. The highest BCUT2D eigenvalue weighted by atomic mass is 79.9. The second-order valence-electron chi connectivity index (χ2n) is 4.19. The summed E-state index contributed by atoms with van der Waals surface area (Å²) in [6.45, 7) is 0. The maximum Gasteiger partial charge on any atom is 0.203 e. The van der Waals surface area contributed by atoms with E-state index in [1.165, 1.54) is 0 Å². The number of carbonyl (C=O) groups excluding carboxylic acids is 1. The molecule has 0 amide bonds. The van der Waals surface area contributed by atoms with Crippen molar-refractivity contribution in [2.24, 2.45) is 0 Å². The van der Waals surface area contributed by atoms with Crippen molar-refractivity contribution < 1.29 is 9.21 Å². The van der Waals surface area contributed by atoms with E-state index in [1.54, 1.807) is 12.1 Å². The molecule has 4 heteroatoms. The van der Waals surface area contributed by atoms with E-state index < -0.39 is 0 Å². The molecule has 0 fully saturated rings. The number of benzene rings is 2. The number of fused-ring (bicyclic) bond motifs is 1. The number of oxazole rings is 1. The molecule has 0 atom stereocenters. The molecule has 0 radical (unpaired) electrons. The number of ketones is 1. The number of para-hydroxylation sites is 2. The van der Waals surface area contributed by atoms with Gasteiger partial charge in [0.15, 0.2) is 11.4 Å². The fourth-order valence-corrected chi connectivity index (χ4v) is 2.30. The zero-order valence-electron chi connectivity index (χ0n) is 9.97. The Hall–Kier alpha value is -1.94. The van der Waals surface area contributed by atoms with Crippen LogP contribution in [0.5, 0.6) is 0 Å². The fourth-order valence-electron chi connectivity index (χ4n) is 1.90. The van der Waals surface area contributed by atoms with Crippen LogP contribution in [-0.2, 0) is 6.42 Å². The lowest BCUT2D eigenvalue weighted by Gasteiger charge is -1.98. The molecule has 0 aliphatic rings. The van der Waals surface area contributed by atoms with Gasteiger partial charge >= 0.3 is 0 Å². The molecule has 0 unspecified atom stereocenters. The number of carbonyl (C=O) groups is 1. The van der Waals surface area contributed by atoms with Crippen molar-refractivity contribution in [2.45, 2.75) is 6.42 Å². The topological polar surface area (TPSA) is 43.1 Å². The molecule has 0 N–H and O–H groups in total. The Kier molecular flexibility index (Phi) is 3.17. The lowest BCUT2D eigenvalue weighted by atomic mass is 10.1. The summed E-state index contributed by atoms with van der Waals surface area (Å²) in [5.74, 6) is 0.444. The van der Waals surface area contributed by atoms with E-state index in [-0.39, 0.29) is 12.2 Å². The molecule has 0 bridgehead atoms. The highest BCUT2D eigenvalue weighted by Gasteiger charge is 2.12. The summed E-state index contributed by atoms with van der Waals surface area (Å²) in [5.41, 5.74) is 2.13. The van der Waals surface area contributed by atoms with Gasteiger partial charge in [0, 0.05) is 10.0 Å². The first-order valence-corrected chi connectivity index (χ1v) is 6.65. The third kappa shape index (κ3) is 2.58. The minimum atomic E-state index is -0.00661. The SMILES string of the molecule is O=C(Cc1nc2ccccc2o1)c1cccc(Br)c1. The van der Waals surface area contributed by atoms with Crippen LogP contribution in [0.1, 0.15) is 16.2 Å². The molecular weight excluding hydrogens is 306 g/mol. The standard InChI is InChI=1S/C15H10BrNO2/c16-11-5-3-4-10(8-11)13(18)9-15-17-12-6-1-2-7-14(12)19-15/h1-8H,9H2. The second kappa shape index (κ2) is 4.97. The monoisotopic (exact) mass is 315 g/mol. The number of rotatable bonds is 3. The Morgan fingerprint density at radius 1 is 1.16 bits per heavy atom. The summed E-state index contributed by atoms with van der Waals surface area (Å²) >= 11 is 3.35. The summed E-state index contributed by atoms with van der Waals surface area (Å²) in [6, 6.07) is 14.8. The van der Waals surface area contributed by atoms with Gasteiger partial charge < -0.3 is 4.42 Å². The molecule has 3 rings (SSSR count). The first-order valence-electron chi connectivity index (χ1n) is 5.85. The summed E-state index contributed by atoms with van der Waals surface area (Å²) in [5, 5.41) is 0. The molecule has 0 aliphatic carbocycles. The van der Waals surface area contributed by atoms with Gasteiger partial charge in [0.05, 0.1) is 6.42 Å². The molecule has 0 saturated heterocycles. The smallest absolute Gasteiger partial charge is 0.203 e. The minimum Gasteiger partial charge on any atom is -0.440 e. The van der Waals surface area contributed by atoms with Gasteiger partial charge in [-0.05, 0) is 24.3 Å². The number of Topliss-reactive ketones (excluding diaryl/α,β-unsaturated/α-hetero) is 1. The number of halogens is 1. The Labute approximate surface area is 118 Å². The van der Waals surface area contributed by atoms with Gasteiger partial charge in [-0.25, -0.2) is 4.98 Å². The molecule has 19 heavy (non-hydrogen) atoms. The lowest BCUT2D eigenvalue weighted by molar-refractivity contribution is 0.0986. The number of hydrogen-bond donors (Lipinski definition) is 0. The van der Waals surface area contributed by atoms with E-state index in [9.17, 15) is 4.79 Å². The molecule has 94 valence electrons. The van der Waals surface area contributed by atoms with Crippen molar-refractivity contribution in [1.82, 2.24) is 4.98 Å². The molecular formula is C15H10BrNO2. The zero-order chi connectivity index (χ0) is 13.2. The molecule has 0 aliphatic heterocycles. The van der Waals surface area contributed by atoms with Crippen LogP contribution in [0, 0.1) is 0 Å². The van der Waals surface area contributed by atoms with E-state index in [0.717, 1.165) is 9.99 Å². The van der Waals surface area contributed by atoms with E-state index in [4.69, 9.17) is 4.42 Å². The van der Waals surface area contributed by atoms with Crippen LogP contribution in [0.4, 0.5) is 0 Å². The molecule has 0 saturated carbocycles. The molecule has 3 nitrogen and oxygen atoms in total. The Balaban J connectivity index is 1.86. The number of nitrogens with zero attached hydrogens (tertiary/aromatic N) is 1. The third-order valence-corrected chi connectivity index (χ3v) is 3.29. The predicted molar refractivity (Wildman–Crippen MR) is 76.2 cm³/mol. The van der Waals surface area contributed by atoms with Crippen LogP contribution in [-0.4, -0.2) is 10.8 Å². The van der Waals surface area contributed by atoms with Gasteiger partial charge in [0.1, 0.15) is 5.52 Å². The minimum absolute atomic E-state index is 0.00661. The third-order valence-electron chi connectivity index (χ3n) is 2.80. The lowest BCUT2D eigenvalue weighted by Crippen LogP contribution is -2.03. The normalized spacial score (nSPS) is 10.8. The Bertz CT molecular complexity index is 715. The van der Waals surface area contributed by atoms with Gasteiger partial charge in [-0.2, -0.15) is 0 Å². The van der Waals surface area contributed by atoms with E-state index in [1.807, 2.05) is 36.4 Å². The van der Waals surface area contributed by atoms with Crippen molar-refractivity contribution in [3.8, 4) is 0 Å². The average molecular weight is 316 g/mol. The predicted octanol–water partition coefficient (Wildman–Crippen LogP) is 4.02. The van der Waals surface area contributed by atoms with Gasteiger partial charge in [0.2, 0.25) is 5.89 Å². The number of aromatic nitrogens is 1. The van der Waals surface area contributed by atoms with Gasteiger partial charge in [-0.15, -0.1) is 0 Å². The first kappa shape index (κ1) is 12.1. The number of hydrogen-bond acceptors (Lipinski definition) is 3. The van der Waals surface area contributed by atoms with Crippen molar-refractivity contribution >= 4 is 32.8 Å². The molecule has 3 aromatic rings.